The van der Waals surface area contributed by atoms with E-state index in [1.54, 1.807) is 11.5 Å². The molecule has 0 saturated carbocycles. The zero-order valence-electron chi connectivity index (χ0n) is 14.3. The molecule has 1 aliphatic rings. The van der Waals surface area contributed by atoms with Gasteiger partial charge in [-0.25, -0.2) is 5.48 Å². The third-order valence-corrected chi connectivity index (χ3v) is 4.55. The molecule has 25 heavy (non-hydrogen) atoms. The van der Waals surface area contributed by atoms with Crippen LogP contribution in [-0.2, 0) is 6.54 Å². The van der Waals surface area contributed by atoms with Crippen molar-refractivity contribution >= 4 is 5.91 Å². The summed E-state index contributed by atoms with van der Waals surface area (Å²) < 4.78 is 5.43. The van der Waals surface area contributed by atoms with E-state index in [1.807, 2.05) is 12.1 Å². The molecule has 1 saturated heterocycles. The van der Waals surface area contributed by atoms with Crippen LogP contribution in [0.2, 0.25) is 0 Å². The Kier molecular flexibility index (Phi) is 6.22. The van der Waals surface area contributed by atoms with Crippen molar-refractivity contribution in [3.05, 3.63) is 47.7 Å². The maximum Gasteiger partial charge on any atom is 0.310 e. The van der Waals surface area contributed by atoms with Crippen LogP contribution in [-0.4, -0.2) is 42.2 Å². The normalized spacial score (nSPS) is 15.2. The Bertz CT molecular complexity index is 675. The van der Waals surface area contributed by atoms with Crippen LogP contribution in [0.1, 0.15) is 35.4 Å². The summed E-state index contributed by atoms with van der Waals surface area (Å²) in [7, 11) is 0. The lowest BCUT2D eigenvalue weighted by Gasteiger charge is -2.26. The van der Waals surface area contributed by atoms with E-state index in [9.17, 15) is 4.79 Å². The Balaban J connectivity index is 1.47. The molecule has 0 bridgehead atoms. The molecule has 0 aliphatic carbocycles. The Morgan fingerprint density at radius 3 is 2.56 bits per heavy atom. The number of benzene rings is 1. The number of carbonyl (C=O) groups excluding carboxylic acids is 1. The van der Waals surface area contributed by atoms with Gasteiger partial charge >= 0.3 is 5.91 Å². The molecule has 2 heterocycles. The molecular formula is C19H25N3O3. The number of nitrogens with zero attached hydrogens (tertiary/aromatic N) is 1. The van der Waals surface area contributed by atoms with Gasteiger partial charge in [-0.3, -0.25) is 10.0 Å². The number of piperidine rings is 1. The van der Waals surface area contributed by atoms with Crippen LogP contribution >= 0.6 is 0 Å². The molecule has 1 amide bonds. The summed E-state index contributed by atoms with van der Waals surface area (Å²) in [4.78, 5) is 13.8. The Morgan fingerprint density at radius 1 is 1.08 bits per heavy atom. The minimum Gasteiger partial charge on any atom is -0.451 e. The third-order valence-electron chi connectivity index (χ3n) is 4.55. The number of furan rings is 1. The number of hydroxylamine groups is 1. The number of likely N-dealkylation sites (tertiary alicyclic amines) is 1. The van der Waals surface area contributed by atoms with Crippen LogP contribution in [0.3, 0.4) is 0 Å². The van der Waals surface area contributed by atoms with Crippen molar-refractivity contribution in [2.45, 2.75) is 25.8 Å². The molecular weight excluding hydrogens is 318 g/mol. The number of hydrogen-bond acceptors (Lipinski definition) is 5. The molecule has 1 fully saturated rings. The number of hydrogen-bond donors (Lipinski definition) is 3. The van der Waals surface area contributed by atoms with Crippen molar-refractivity contribution in [1.29, 1.82) is 0 Å². The summed E-state index contributed by atoms with van der Waals surface area (Å²) in [6, 6.07) is 11.3. The van der Waals surface area contributed by atoms with Crippen molar-refractivity contribution in [2.75, 3.05) is 26.2 Å². The molecule has 0 spiro atoms. The van der Waals surface area contributed by atoms with E-state index in [-0.39, 0.29) is 5.76 Å². The van der Waals surface area contributed by atoms with Gasteiger partial charge in [0, 0.05) is 25.2 Å². The largest absolute Gasteiger partial charge is 0.451 e. The standard InChI is InChI=1S/C19H25N3O3/c23-19(21-24)18-9-8-17(25-18)16-6-4-15(5-7-16)14-20-10-13-22-11-2-1-3-12-22/h4-9,20,24H,1-3,10-14H2,(H,21,23). The molecule has 0 radical (unpaired) electrons. The molecule has 0 unspecified atom stereocenters. The predicted octanol–water partition coefficient (Wildman–Crippen LogP) is 2.64. The fourth-order valence-corrected chi connectivity index (χ4v) is 3.11. The highest BCUT2D eigenvalue weighted by Gasteiger charge is 2.11. The highest BCUT2D eigenvalue weighted by Crippen LogP contribution is 2.22. The van der Waals surface area contributed by atoms with Crippen LogP contribution < -0.4 is 10.8 Å². The molecule has 1 aliphatic heterocycles. The maximum atomic E-state index is 11.3. The fourth-order valence-electron chi connectivity index (χ4n) is 3.11. The minimum atomic E-state index is -0.652. The first-order chi connectivity index (χ1) is 12.3. The lowest BCUT2D eigenvalue weighted by molar-refractivity contribution is 0.0677. The molecule has 1 aromatic carbocycles. The average Bonchev–Trinajstić information content (AvgIpc) is 3.16. The van der Waals surface area contributed by atoms with E-state index < -0.39 is 5.91 Å². The second-order valence-corrected chi connectivity index (χ2v) is 6.38. The highest BCUT2D eigenvalue weighted by molar-refractivity contribution is 5.91. The number of amides is 1. The van der Waals surface area contributed by atoms with Gasteiger partial charge in [0.1, 0.15) is 5.76 Å². The lowest BCUT2D eigenvalue weighted by Crippen LogP contribution is -2.35. The van der Waals surface area contributed by atoms with Crippen molar-refractivity contribution in [1.82, 2.24) is 15.7 Å². The van der Waals surface area contributed by atoms with Crippen LogP contribution in [0.5, 0.6) is 0 Å². The quantitative estimate of drug-likeness (QED) is 0.409. The van der Waals surface area contributed by atoms with E-state index in [4.69, 9.17) is 9.62 Å². The van der Waals surface area contributed by atoms with Gasteiger partial charge in [-0.2, -0.15) is 0 Å². The highest BCUT2D eigenvalue weighted by atomic mass is 16.5. The zero-order valence-corrected chi connectivity index (χ0v) is 14.3. The first kappa shape index (κ1) is 17.7. The first-order valence-corrected chi connectivity index (χ1v) is 8.83. The average molecular weight is 343 g/mol. The molecule has 1 aromatic heterocycles. The number of nitrogens with one attached hydrogen (secondary N) is 2. The molecule has 3 N–H and O–H groups in total. The monoisotopic (exact) mass is 343 g/mol. The van der Waals surface area contributed by atoms with Gasteiger partial charge in [0.25, 0.3) is 0 Å². The van der Waals surface area contributed by atoms with Gasteiger partial charge in [-0.05, 0) is 43.6 Å². The van der Waals surface area contributed by atoms with Crippen LogP contribution in [0, 0.1) is 0 Å². The molecule has 0 atom stereocenters. The van der Waals surface area contributed by atoms with Gasteiger partial charge in [-0.1, -0.05) is 30.7 Å². The van der Waals surface area contributed by atoms with Crippen LogP contribution in [0.4, 0.5) is 0 Å². The third kappa shape index (κ3) is 4.92. The number of rotatable bonds is 7. The molecule has 6 heteroatoms. The molecule has 3 rings (SSSR count). The maximum absolute atomic E-state index is 11.3. The first-order valence-electron chi connectivity index (χ1n) is 8.83. The zero-order chi connectivity index (χ0) is 17.5. The van der Waals surface area contributed by atoms with Crippen molar-refractivity contribution in [2.24, 2.45) is 0 Å². The summed E-state index contributed by atoms with van der Waals surface area (Å²) in [5.41, 5.74) is 3.67. The Labute approximate surface area is 147 Å². The summed E-state index contributed by atoms with van der Waals surface area (Å²) in [6.07, 6.45) is 4.03. The van der Waals surface area contributed by atoms with Gasteiger partial charge in [0.15, 0.2) is 5.76 Å². The summed E-state index contributed by atoms with van der Waals surface area (Å²) in [5.74, 6) is 0.0324. The molecule has 6 nitrogen and oxygen atoms in total. The van der Waals surface area contributed by atoms with Gasteiger partial charge in [-0.15, -0.1) is 0 Å². The smallest absolute Gasteiger partial charge is 0.310 e. The van der Waals surface area contributed by atoms with Crippen LogP contribution in [0.15, 0.2) is 40.8 Å². The van der Waals surface area contributed by atoms with Crippen molar-refractivity contribution in [3.63, 3.8) is 0 Å². The van der Waals surface area contributed by atoms with Gasteiger partial charge in [0.05, 0.1) is 0 Å². The Morgan fingerprint density at radius 2 is 1.84 bits per heavy atom. The van der Waals surface area contributed by atoms with E-state index in [0.29, 0.717) is 5.76 Å². The fraction of sp³-hybridized carbons (Fsp3) is 0.421. The molecule has 2 aromatic rings. The SMILES string of the molecule is O=C(NO)c1ccc(-c2ccc(CNCCN3CCCCC3)cc2)o1. The lowest BCUT2D eigenvalue weighted by atomic mass is 10.1. The Hall–Kier alpha value is -2.15. The number of carbonyl (C=O) groups is 1. The molecule has 134 valence electrons. The summed E-state index contributed by atoms with van der Waals surface area (Å²) in [5, 5.41) is 12.1. The van der Waals surface area contributed by atoms with E-state index >= 15 is 0 Å². The predicted molar refractivity (Wildman–Crippen MR) is 95.4 cm³/mol. The van der Waals surface area contributed by atoms with Gasteiger partial charge < -0.3 is 14.6 Å². The van der Waals surface area contributed by atoms with Gasteiger partial charge in [0.2, 0.25) is 0 Å². The van der Waals surface area contributed by atoms with E-state index in [0.717, 1.165) is 25.2 Å². The van der Waals surface area contributed by atoms with Crippen LogP contribution in [0.25, 0.3) is 11.3 Å². The second-order valence-electron chi connectivity index (χ2n) is 6.38. The second kappa shape index (κ2) is 8.80. The topological polar surface area (TPSA) is 77.7 Å². The summed E-state index contributed by atoms with van der Waals surface area (Å²) in [6.45, 7) is 5.41. The summed E-state index contributed by atoms with van der Waals surface area (Å²) >= 11 is 0. The minimum absolute atomic E-state index is 0.0842. The van der Waals surface area contributed by atoms with E-state index in [1.165, 1.54) is 44.0 Å². The van der Waals surface area contributed by atoms with Crippen molar-refractivity contribution in [3.8, 4) is 11.3 Å². The van der Waals surface area contributed by atoms with E-state index in [2.05, 4.69) is 22.3 Å². The van der Waals surface area contributed by atoms with Crippen molar-refractivity contribution < 1.29 is 14.4 Å².